The molecule has 0 saturated carbocycles. The molecule has 6 nitrogen and oxygen atoms in total. The van der Waals surface area contributed by atoms with Gasteiger partial charge in [-0.15, -0.1) is 0 Å². The topological polar surface area (TPSA) is 71.5 Å². The van der Waals surface area contributed by atoms with E-state index in [1.54, 1.807) is 12.4 Å². The average molecular weight is 377 g/mol. The van der Waals surface area contributed by atoms with Crippen LogP contribution in [0.5, 0.6) is 0 Å². The average Bonchev–Trinajstić information content (AvgIpc) is 3.17. The summed E-state index contributed by atoms with van der Waals surface area (Å²) in [5.74, 6) is 2.30. The van der Waals surface area contributed by atoms with Crippen LogP contribution in [-0.4, -0.2) is 32.6 Å². The highest BCUT2D eigenvalue weighted by Crippen LogP contribution is 2.36. The van der Waals surface area contributed by atoms with Gasteiger partial charge in [0, 0.05) is 54.8 Å². The molecule has 5 heterocycles. The highest BCUT2D eigenvalue weighted by Gasteiger charge is 2.35. The van der Waals surface area contributed by atoms with E-state index in [-0.39, 0.29) is 12.2 Å². The van der Waals surface area contributed by atoms with Crippen molar-refractivity contribution in [3.63, 3.8) is 0 Å². The molecule has 144 valence electrons. The second-order valence-corrected chi connectivity index (χ2v) is 7.85. The largest absolute Gasteiger partial charge is 0.462 e. The van der Waals surface area contributed by atoms with Crippen LogP contribution in [0.3, 0.4) is 0 Å². The SMILES string of the molecule is O=c1c(-c2cccnc2)ccc2n1CC1CC2CN(Cc2ccc(CO)o2)C1. The molecule has 0 amide bonds. The summed E-state index contributed by atoms with van der Waals surface area (Å²) in [5.41, 5.74) is 2.82. The number of aromatic nitrogens is 2. The van der Waals surface area contributed by atoms with Gasteiger partial charge in [0.2, 0.25) is 0 Å². The van der Waals surface area contributed by atoms with Crippen LogP contribution in [0.15, 0.2) is 58.0 Å². The first-order valence-electron chi connectivity index (χ1n) is 9.76. The molecule has 3 aromatic heterocycles. The minimum atomic E-state index is -0.0686. The van der Waals surface area contributed by atoms with Crippen molar-refractivity contribution in [3.05, 3.63) is 76.4 Å². The van der Waals surface area contributed by atoms with Crippen LogP contribution in [0, 0.1) is 5.92 Å². The van der Waals surface area contributed by atoms with E-state index in [9.17, 15) is 9.90 Å². The summed E-state index contributed by atoms with van der Waals surface area (Å²) in [7, 11) is 0. The molecule has 2 unspecified atom stereocenters. The van der Waals surface area contributed by atoms with Crippen molar-refractivity contribution in [2.45, 2.75) is 32.0 Å². The monoisotopic (exact) mass is 377 g/mol. The van der Waals surface area contributed by atoms with Crippen molar-refractivity contribution in [1.29, 1.82) is 0 Å². The first kappa shape index (κ1) is 17.4. The minimum absolute atomic E-state index is 0.0686. The lowest BCUT2D eigenvalue weighted by molar-refractivity contribution is 0.106. The van der Waals surface area contributed by atoms with Crippen molar-refractivity contribution in [2.75, 3.05) is 13.1 Å². The van der Waals surface area contributed by atoms with Gasteiger partial charge in [0.15, 0.2) is 0 Å². The van der Waals surface area contributed by atoms with Gasteiger partial charge < -0.3 is 14.1 Å². The Hall–Kier alpha value is -2.70. The lowest BCUT2D eigenvalue weighted by Crippen LogP contribution is -2.46. The summed E-state index contributed by atoms with van der Waals surface area (Å²) in [6.45, 7) is 3.30. The maximum Gasteiger partial charge on any atom is 0.258 e. The third-order valence-electron chi connectivity index (χ3n) is 5.91. The molecule has 28 heavy (non-hydrogen) atoms. The predicted molar refractivity (Wildman–Crippen MR) is 105 cm³/mol. The zero-order chi connectivity index (χ0) is 19.1. The Morgan fingerprint density at radius 2 is 2.00 bits per heavy atom. The van der Waals surface area contributed by atoms with Crippen molar-refractivity contribution in [1.82, 2.24) is 14.5 Å². The van der Waals surface area contributed by atoms with Gasteiger partial charge in [0.1, 0.15) is 18.1 Å². The van der Waals surface area contributed by atoms with Gasteiger partial charge in [-0.2, -0.15) is 0 Å². The fraction of sp³-hybridized carbons (Fsp3) is 0.364. The molecule has 2 aliphatic rings. The van der Waals surface area contributed by atoms with Gasteiger partial charge in [-0.25, -0.2) is 0 Å². The van der Waals surface area contributed by atoms with Gasteiger partial charge in [-0.1, -0.05) is 6.07 Å². The Balaban J connectivity index is 1.41. The van der Waals surface area contributed by atoms with Crippen LogP contribution in [0.25, 0.3) is 11.1 Å². The third kappa shape index (κ3) is 3.08. The zero-order valence-electron chi connectivity index (χ0n) is 15.6. The van der Waals surface area contributed by atoms with Crippen LogP contribution in [0.1, 0.15) is 29.6 Å². The fourth-order valence-corrected chi connectivity index (χ4v) is 4.73. The molecule has 2 atom stereocenters. The van der Waals surface area contributed by atoms with Crippen LogP contribution in [0.4, 0.5) is 0 Å². The predicted octanol–water partition coefficient (Wildman–Crippen LogP) is 2.61. The second kappa shape index (κ2) is 7.04. The van der Waals surface area contributed by atoms with E-state index in [2.05, 4.69) is 16.0 Å². The third-order valence-corrected chi connectivity index (χ3v) is 5.91. The van der Waals surface area contributed by atoms with Gasteiger partial charge >= 0.3 is 0 Å². The number of nitrogens with zero attached hydrogens (tertiary/aromatic N) is 3. The summed E-state index contributed by atoms with van der Waals surface area (Å²) >= 11 is 0. The Labute approximate surface area is 163 Å². The zero-order valence-corrected chi connectivity index (χ0v) is 15.6. The van der Waals surface area contributed by atoms with Crippen molar-refractivity contribution in [3.8, 4) is 11.1 Å². The molecule has 0 aromatic carbocycles. The number of hydrogen-bond acceptors (Lipinski definition) is 5. The van der Waals surface area contributed by atoms with Gasteiger partial charge in [0.05, 0.1) is 6.54 Å². The fourth-order valence-electron chi connectivity index (χ4n) is 4.73. The molecule has 1 N–H and O–H groups in total. The highest BCUT2D eigenvalue weighted by atomic mass is 16.4. The summed E-state index contributed by atoms with van der Waals surface area (Å²) in [5, 5.41) is 9.18. The van der Waals surface area contributed by atoms with E-state index in [0.29, 0.717) is 17.6 Å². The smallest absolute Gasteiger partial charge is 0.258 e. The number of likely N-dealkylation sites (tertiary alicyclic amines) is 1. The Morgan fingerprint density at radius 3 is 2.79 bits per heavy atom. The number of pyridine rings is 2. The van der Waals surface area contributed by atoms with Crippen LogP contribution < -0.4 is 5.56 Å². The number of aliphatic hydroxyl groups is 1. The number of fused-ring (bicyclic) bond motifs is 4. The summed E-state index contributed by atoms with van der Waals surface area (Å²) in [6, 6.07) is 11.6. The number of rotatable bonds is 4. The number of hydrogen-bond donors (Lipinski definition) is 1. The van der Waals surface area contributed by atoms with Crippen molar-refractivity contribution in [2.24, 2.45) is 5.92 Å². The Kier molecular flexibility index (Phi) is 4.37. The van der Waals surface area contributed by atoms with E-state index in [1.807, 2.05) is 34.9 Å². The second-order valence-electron chi connectivity index (χ2n) is 7.85. The van der Waals surface area contributed by atoms with E-state index in [0.717, 1.165) is 55.2 Å². The maximum atomic E-state index is 13.1. The van der Waals surface area contributed by atoms with Gasteiger partial charge in [-0.3, -0.25) is 14.7 Å². The first-order valence-corrected chi connectivity index (χ1v) is 9.76. The molecule has 1 fully saturated rings. The molecule has 3 aromatic rings. The quantitative estimate of drug-likeness (QED) is 0.757. The summed E-state index contributed by atoms with van der Waals surface area (Å²) in [4.78, 5) is 19.7. The molecule has 6 heteroatoms. The first-order chi connectivity index (χ1) is 13.7. The summed E-state index contributed by atoms with van der Waals surface area (Å²) in [6.07, 6.45) is 4.60. The van der Waals surface area contributed by atoms with Gasteiger partial charge in [-0.05, 0) is 42.7 Å². The molecular weight excluding hydrogens is 354 g/mol. The lowest BCUT2D eigenvalue weighted by Gasteiger charge is -2.42. The summed E-state index contributed by atoms with van der Waals surface area (Å²) < 4.78 is 7.64. The molecule has 0 aliphatic carbocycles. The maximum absolute atomic E-state index is 13.1. The van der Waals surface area contributed by atoms with Gasteiger partial charge in [0.25, 0.3) is 5.56 Å². The molecule has 5 rings (SSSR count). The number of furan rings is 1. The lowest BCUT2D eigenvalue weighted by atomic mass is 9.82. The Morgan fingerprint density at radius 1 is 1.11 bits per heavy atom. The molecule has 1 saturated heterocycles. The molecule has 0 spiro atoms. The van der Waals surface area contributed by atoms with Crippen LogP contribution in [0.2, 0.25) is 0 Å². The van der Waals surface area contributed by atoms with E-state index >= 15 is 0 Å². The Bertz CT molecular complexity index is 1040. The standard InChI is InChI=1S/C22H23N3O3/c26-14-19-4-3-18(28-19)13-24-10-15-8-17(12-24)21-6-5-20(22(27)25(21)11-15)16-2-1-7-23-9-16/h1-7,9,15,17,26H,8,10-14H2. The van der Waals surface area contributed by atoms with E-state index < -0.39 is 0 Å². The minimum Gasteiger partial charge on any atom is -0.462 e. The van der Waals surface area contributed by atoms with Crippen molar-refractivity contribution >= 4 is 0 Å². The molecule has 0 radical (unpaired) electrons. The number of aliphatic hydroxyl groups excluding tert-OH is 1. The number of piperidine rings is 1. The van der Waals surface area contributed by atoms with Crippen LogP contribution >= 0.6 is 0 Å². The molecule has 2 aliphatic heterocycles. The normalized spacial score (nSPS) is 21.5. The van der Waals surface area contributed by atoms with E-state index in [4.69, 9.17) is 4.42 Å². The molecular formula is C22H23N3O3. The highest BCUT2D eigenvalue weighted by molar-refractivity contribution is 5.61. The van der Waals surface area contributed by atoms with Crippen LogP contribution in [-0.2, 0) is 19.7 Å². The van der Waals surface area contributed by atoms with E-state index in [1.165, 1.54) is 0 Å². The van der Waals surface area contributed by atoms with Crippen molar-refractivity contribution < 1.29 is 9.52 Å². The molecule has 2 bridgehead atoms.